The Morgan fingerprint density at radius 2 is 2.00 bits per heavy atom. The zero-order valence-electron chi connectivity index (χ0n) is 10.3. The second-order valence-electron chi connectivity index (χ2n) is 4.17. The number of sulfonamides is 1. The van der Waals surface area contributed by atoms with Gasteiger partial charge in [0.2, 0.25) is 10.0 Å². The molecular weight excluding hydrogens is 280 g/mol. The van der Waals surface area contributed by atoms with Crippen LogP contribution in [0, 0.1) is 11.6 Å². The summed E-state index contributed by atoms with van der Waals surface area (Å²) in [6.07, 6.45) is -0.0373. The monoisotopic (exact) mass is 293 g/mol. The molecule has 0 fully saturated rings. The quantitative estimate of drug-likeness (QED) is 0.861. The molecule has 1 aromatic carbocycles. The molecule has 1 atom stereocenters. The molecule has 0 amide bonds. The van der Waals surface area contributed by atoms with E-state index in [1.54, 1.807) is 0 Å². The van der Waals surface area contributed by atoms with Crippen molar-refractivity contribution in [3.8, 4) is 0 Å². The number of rotatable bonds is 5. The molecular formula is C11H13F2NO4S. The van der Waals surface area contributed by atoms with Crippen LogP contribution >= 0.6 is 0 Å². The van der Waals surface area contributed by atoms with Crippen molar-refractivity contribution in [2.75, 3.05) is 0 Å². The number of carboxylic acids is 1. The minimum Gasteiger partial charge on any atom is -0.480 e. The van der Waals surface area contributed by atoms with E-state index in [9.17, 15) is 22.0 Å². The Kier molecular flexibility index (Phi) is 4.26. The van der Waals surface area contributed by atoms with E-state index in [0.29, 0.717) is 6.07 Å². The van der Waals surface area contributed by atoms with Gasteiger partial charge in [-0.2, -0.15) is 4.72 Å². The number of nitrogens with one attached hydrogen (secondary N) is 1. The molecule has 0 heterocycles. The van der Waals surface area contributed by atoms with E-state index in [2.05, 4.69) is 0 Å². The van der Waals surface area contributed by atoms with E-state index < -0.39 is 38.1 Å². The number of hydrogen-bond acceptors (Lipinski definition) is 3. The molecule has 0 saturated carbocycles. The topological polar surface area (TPSA) is 83.5 Å². The predicted molar refractivity (Wildman–Crippen MR) is 63.0 cm³/mol. The highest BCUT2D eigenvalue weighted by molar-refractivity contribution is 7.89. The Balaban J connectivity index is 3.22. The molecule has 0 saturated heterocycles. The third kappa shape index (κ3) is 3.27. The molecule has 0 aromatic heterocycles. The van der Waals surface area contributed by atoms with Crippen molar-refractivity contribution in [1.82, 2.24) is 4.72 Å². The van der Waals surface area contributed by atoms with Crippen LogP contribution < -0.4 is 4.72 Å². The van der Waals surface area contributed by atoms with Crippen LogP contribution in [-0.2, 0) is 14.8 Å². The van der Waals surface area contributed by atoms with Gasteiger partial charge >= 0.3 is 5.97 Å². The van der Waals surface area contributed by atoms with Crippen molar-refractivity contribution >= 4 is 16.0 Å². The fourth-order valence-electron chi connectivity index (χ4n) is 1.31. The Morgan fingerprint density at radius 3 is 2.42 bits per heavy atom. The molecule has 1 unspecified atom stereocenters. The molecule has 0 aliphatic carbocycles. The summed E-state index contributed by atoms with van der Waals surface area (Å²) >= 11 is 0. The van der Waals surface area contributed by atoms with E-state index in [0.717, 1.165) is 19.1 Å². The maximum absolute atomic E-state index is 13.4. The molecule has 1 aromatic rings. The summed E-state index contributed by atoms with van der Waals surface area (Å²) in [4.78, 5) is 10.2. The van der Waals surface area contributed by atoms with Gasteiger partial charge in [-0.3, -0.25) is 4.79 Å². The molecule has 8 heteroatoms. The number of halogens is 2. The van der Waals surface area contributed by atoms with Crippen LogP contribution in [0.1, 0.15) is 20.3 Å². The van der Waals surface area contributed by atoms with Crippen LogP contribution in [0.2, 0.25) is 0 Å². The Labute approximate surface area is 109 Å². The average molecular weight is 293 g/mol. The third-order valence-electron chi connectivity index (χ3n) is 2.72. The van der Waals surface area contributed by atoms with Gasteiger partial charge in [-0.25, -0.2) is 17.2 Å². The maximum Gasteiger partial charge on any atom is 0.324 e. The summed E-state index contributed by atoms with van der Waals surface area (Å²) in [5.74, 6) is -3.59. The lowest BCUT2D eigenvalue weighted by Gasteiger charge is -2.24. The second-order valence-corrected chi connectivity index (χ2v) is 5.82. The molecule has 0 bridgehead atoms. The van der Waals surface area contributed by atoms with E-state index in [4.69, 9.17) is 5.11 Å². The minimum absolute atomic E-state index is 0.0373. The highest BCUT2D eigenvalue weighted by Crippen LogP contribution is 2.19. The fraction of sp³-hybridized carbons (Fsp3) is 0.364. The van der Waals surface area contributed by atoms with E-state index in [1.807, 2.05) is 4.72 Å². The number of benzene rings is 1. The van der Waals surface area contributed by atoms with Crippen LogP contribution in [0.3, 0.4) is 0 Å². The summed E-state index contributed by atoms with van der Waals surface area (Å²) in [6, 6.07) is 1.94. The van der Waals surface area contributed by atoms with E-state index in [1.165, 1.54) is 6.92 Å². The lowest BCUT2D eigenvalue weighted by atomic mass is 10.0. The van der Waals surface area contributed by atoms with Gasteiger partial charge in [-0.1, -0.05) is 6.92 Å². The highest BCUT2D eigenvalue weighted by atomic mass is 32.2. The largest absolute Gasteiger partial charge is 0.480 e. The highest BCUT2D eigenvalue weighted by Gasteiger charge is 2.37. The summed E-state index contributed by atoms with van der Waals surface area (Å²) < 4.78 is 51.9. The van der Waals surface area contributed by atoms with Gasteiger partial charge < -0.3 is 5.11 Å². The summed E-state index contributed by atoms with van der Waals surface area (Å²) in [6.45, 7) is 2.63. The first-order chi connectivity index (χ1) is 8.62. The van der Waals surface area contributed by atoms with Gasteiger partial charge in [-0.05, 0) is 25.5 Å². The molecule has 0 radical (unpaired) electrons. The van der Waals surface area contributed by atoms with Crippen LogP contribution in [0.5, 0.6) is 0 Å². The zero-order chi connectivity index (χ0) is 14.8. The normalized spacial score (nSPS) is 14.9. The Hall–Kier alpha value is -1.54. The molecule has 0 aliphatic heterocycles. The number of carboxylic acid groups (broad SMARTS) is 1. The molecule has 0 aliphatic rings. The lowest BCUT2D eigenvalue weighted by molar-refractivity contribution is -0.143. The molecule has 2 N–H and O–H groups in total. The van der Waals surface area contributed by atoms with E-state index in [-0.39, 0.29) is 6.42 Å². The summed E-state index contributed by atoms with van der Waals surface area (Å²) in [5.41, 5.74) is -1.76. The Bertz CT molecular complexity index is 603. The molecule has 5 nitrogen and oxygen atoms in total. The fourth-order valence-corrected chi connectivity index (χ4v) is 2.81. The number of carbonyl (C=O) groups is 1. The number of aliphatic carboxylic acids is 1. The van der Waals surface area contributed by atoms with Crippen molar-refractivity contribution in [3.05, 3.63) is 29.8 Å². The van der Waals surface area contributed by atoms with Crippen LogP contribution in [-0.4, -0.2) is 25.0 Å². The summed E-state index contributed by atoms with van der Waals surface area (Å²) in [7, 11) is -4.39. The predicted octanol–water partition coefficient (Wildman–Crippen LogP) is 1.50. The Morgan fingerprint density at radius 1 is 1.42 bits per heavy atom. The van der Waals surface area contributed by atoms with Crippen LogP contribution in [0.25, 0.3) is 0 Å². The molecule has 0 spiro atoms. The van der Waals surface area contributed by atoms with Gasteiger partial charge in [0, 0.05) is 6.07 Å². The van der Waals surface area contributed by atoms with Crippen molar-refractivity contribution in [2.24, 2.45) is 0 Å². The van der Waals surface area contributed by atoms with Gasteiger partial charge in [-0.15, -0.1) is 0 Å². The first kappa shape index (κ1) is 15.5. The number of hydrogen-bond donors (Lipinski definition) is 2. The van der Waals surface area contributed by atoms with Crippen LogP contribution in [0.4, 0.5) is 8.78 Å². The van der Waals surface area contributed by atoms with Crippen molar-refractivity contribution in [3.63, 3.8) is 0 Å². The zero-order valence-corrected chi connectivity index (χ0v) is 11.1. The summed E-state index contributed by atoms with van der Waals surface area (Å²) in [5, 5.41) is 8.98. The SMILES string of the molecule is CCC(C)(NS(=O)(=O)c1ccc(F)cc1F)C(=O)O. The van der Waals surface area contributed by atoms with Crippen LogP contribution in [0.15, 0.2) is 23.1 Å². The van der Waals surface area contributed by atoms with Gasteiger partial charge in [0.15, 0.2) is 0 Å². The van der Waals surface area contributed by atoms with Gasteiger partial charge in [0.1, 0.15) is 22.1 Å². The minimum atomic E-state index is -4.39. The average Bonchev–Trinajstić information content (AvgIpc) is 2.27. The van der Waals surface area contributed by atoms with Crippen molar-refractivity contribution in [1.29, 1.82) is 0 Å². The first-order valence-electron chi connectivity index (χ1n) is 5.35. The smallest absolute Gasteiger partial charge is 0.324 e. The van der Waals surface area contributed by atoms with E-state index >= 15 is 0 Å². The van der Waals surface area contributed by atoms with Crippen molar-refractivity contribution in [2.45, 2.75) is 30.7 Å². The lowest BCUT2D eigenvalue weighted by Crippen LogP contribution is -2.51. The second kappa shape index (κ2) is 5.22. The first-order valence-corrected chi connectivity index (χ1v) is 6.83. The molecule has 19 heavy (non-hydrogen) atoms. The molecule has 1 rings (SSSR count). The maximum atomic E-state index is 13.4. The van der Waals surface area contributed by atoms with Gasteiger partial charge in [0.05, 0.1) is 0 Å². The van der Waals surface area contributed by atoms with Gasteiger partial charge in [0.25, 0.3) is 0 Å². The molecule has 106 valence electrons. The van der Waals surface area contributed by atoms with Crippen molar-refractivity contribution < 1.29 is 27.1 Å². The standard InChI is InChI=1S/C11H13F2NO4S/c1-3-11(2,10(15)16)14-19(17,18)9-5-4-7(12)6-8(9)13/h4-6,14H,3H2,1-2H3,(H,15,16). The third-order valence-corrected chi connectivity index (χ3v) is 4.35.